The fourth-order valence-electron chi connectivity index (χ4n) is 4.36. The molecule has 0 radical (unpaired) electrons. The van der Waals surface area contributed by atoms with Crippen LogP contribution in [0.4, 0.5) is 0 Å². The molecule has 0 N–H and O–H groups in total. The number of carbonyl (C=O) groups excluding carboxylic acids is 1. The van der Waals surface area contributed by atoms with Crippen molar-refractivity contribution >= 4 is 5.91 Å². The summed E-state index contributed by atoms with van der Waals surface area (Å²) in [4.78, 5) is 19.9. The van der Waals surface area contributed by atoms with E-state index in [4.69, 9.17) is 4.98 Å². The van der Waals surface area contributed by atoms with Crippen LogP contribution in [0.15, 0.2) is 60.8 Å². The Labute approximate surface area is 178 Å². The smallest absolute Gasteiger partial charge is 0.223 e. The van der Waals surface area contributed by atoms with Crippen molar-refractivity contribution in [2.24, 2.45) is 5.92 Å². The molecule has 5 rings (SSSR count). The molecule has 1 fully saturated rings. The lowest BCUT2D eigenvalue weighted by atomic mass is 10.1. The summed E-state index contributed by atoms with van der Waals surface area (Å²) in [5, 5.41) is 0. The quantitative estimate of drug-likeness (QED) is 0.542. The largest absolute Gasteiger partial charge is 0.338 e. The number of benzene rings is 2. The summed E-state index contributed by atoms with van der Waals surface area (Å²) >= 11 is 0. The predicted octanol–water partition coefficient (Wildman–Crippen LogP) is 4.87. The van der Waals surface area contributed by atoms with Crippen LogP contribution in [0.2, 0.25) is 0 Å². The fraction of sp³-hybridized carbons (Fsp3) is 0.385. The number of imidazole rings is 1. The van der Waals surface area contributed by atoms with E-state index in [1.165, 1.54) is 36.2 Å². The van der Waals surface area contributed by atoms with Crippen molar-refractivity contribution in [2.75, 3.05) is 6.54 Å². The molecule has 1 aliphatic heterocycles. The molecule has 4 heteroatoms. The van der Waals surface area contributed by atoms with Crippen LogP contribution in [0.5, 0.6) is 0 Å². The van der Waals surface area contributed by atoms with E-state index >= 15 is 0 Å². The Morgan fingerprint density at radius 1 is 1.07 bits per heavy atom. The van der Waals surface area contributed by atoms with Crippen molar-refractivity contribution in [1.29, 1.82) is 0 Å². The highest BCUT2D eigenvalue weighted by molar-refractivity contribution is 5.76. The van der Waals surface area contributed by atoms with Gasteiger partial charge < -0.3 is 9.47 Å². The first kappa shape index (κ1) is 19.1. The van der Waals surface area contributed by atoms with Crippen LogP contribution in [0.25, 0.3) is 11.3 Å². The molecular weight excluding hydrogens is 370 g/mol. The van der Waals surface area contributed by atoms with Crippen molar-refractivity contribution in [2.45, 2.75) is 51.6 Å². The normalized spacial score (nSPS) is 15.2. The molecular formula is C26H29N3O. The fourth-order valence-corrected chi connectivity index (χ4v) is 4.36. The van der Waals surface area contributed by atoms with Gasteiger partial charge in [0, 0.05) is 44.2 Å². The van der Waals surface area contributed by atoms with Gasteiger partial charge in [-0.2, -0.15) is 0 Å². The van der Waals surface area contributed by atoms with Crippen LogP contribution in [0, 0.1) is 5.92 Å². The third kappa shape index (κ3) is 4.48. The van der Waals surface area contributed by atoms with E-state index in [1.54, 1.807) is 0 Å². The number of hydrogen-bond donors (Lipinski definition) is 0. The van der Waals surface area contributed by atoms with Crippen LogP contribution in [0.1, 0.15) is 42.6 Å². The minimum absolute atomic E-state index is 0.261. The van der Waals surface area contributed by atoms with Gasteiger partial charge in [-0.3, -0.25) is 4.79 Å². The molecule has 2 aliphatic rings. The Balaban J connectivity index is 1.28. The lowest BCUT2D eigenvalue weighted by Crippen LogP contribution is -2.32. The maximum absolute atomic E-state index is 13.0. The Morgan fingerprint density at radius 3 is 2.70 bits per heavy atom. The zero-order valence-corrected chi connectivity index (χ0v) is 17.5. The van der Waals surface area contributed by atoms with Crippen molar-refractivity contribution in [3.63, 3.8) is 0 Å². The molecule has 1 aliphatic carbocycles. The molecule has 1 amide bonds. The number of aryl methyl sites for hydroxylation is 3. The molecule has 0 unspecified atom stereocenters. The number of aromatic nitrogens is 2. The third-order valence-electron chi connectivity index (χ3n) is 6.25. The molecule has 0 spiro atoms. The van der Waals surface area contributed by atoms with Gasteiger partial charge in [-0.15, -0.1) is 0 Å². The summed E-state index contributed by atoms with van der Waals surface area (Å²) in [6.07, 6.45) is 8.33. The van der Waals surface area contributed by atoms with Gasteiger partial charge in [0.15, 0.2) is 0 Å². The SMILES string of the molecule is O=C(CCc1ccccc1)N(Cc1cccc(-c2cn3c(n2)CCC3)c1)CC1CC1. The monoisotopic (exact) mass is 399 g/mol. The molecule has 0 saturated heterocycles. The number of amides is 1. The van der Waals surface area contributed by atoms with E-state index in [0.717, 1.165) is 37.2 Å². The summed E-state index contributed by atoms with van der Waals surface area (Å²) in [5.41, 5.74) is 4.62. The first-order valence-corrected chi connectivity index (χ1v) is 11.2. The van der Waals surface area contributed by atoms with Gasteiger partial charge in [0.25, 0.3) is 0 Å². The van der Waals surface area contributed by atoms with E-state index < -0.39 is 0 Å². The highest BCUT2D eigenvalue weighted by Gasteiger charge is 2.27. The molecule has 30 heavy (non-hydrogen) atoms. The van der Waals surface area contributed by atoms with E-state index in [2.05, 4.69) is 52.1 Å². The second-order valence-electron chi connectivity index (χ2n) is 8.74. The van der Waals surface area contributed by atoms with Crippen molar-refractivity contribution < 1.29 is 4.79 Å². The van der Waals surface area contributed by atoms with E-state index in [1.807, 2.05) is 18.2 Å². The van der Waals surface area contributed by atoms with Crippen molar-refractivity contribution in [3.8, 4) is 11.3 Å². The molecule has 4 nitrogen and oxygen atoms in total. The molecule has 1 aromatic heterocycles. The van der Waals surface area contributed by atoms with Crippen LogP contribution in [-0.2, 0) is 30.7 Å². The first-order chi connectivity index (χ1) is 14.7. The van der Waals surface area contributed by atoms with Gasteiger partial charge in [0.2, 0.25) is 5.91 Å². The minimum atomic E-state index is 0.261. The molecule has 3 aromatic rings. The van der Waals surface area contributed by atoms with Crippen LogP contribution < -0.4 is 0 Å². The average Bonchev–Trinajstić information content (AvgIpc) is 3.32. The maximum atomic E-state index is 13.0. The highest BCUT2D eigenvalue weighted by atomic mass is 16.2. The number of nitrogens with zero attached hydrogens (tertiary/aromatic N) is 3. The number of fused-ring (bicyclic) bond motifs is 1. The molecule has 154 valence electrons. The van der Waals surface area contributed by atoms with E-state index in [0.29, 0.717) is 18.9 Å². The van der Waals surface area contributed by atoms with E-state index in [-0.39, 0.29) is 5.91 Å². The zero-order chi connectivity index (χ0) is 20.3. The Morgan fingerprint density at radius 2 is 1.90 bits per heavy atom. The summed E-state index contributed by atoms with van der Waals surface area (Å²) in [5.74, 6) is 2.14. The minimum Gasteiger partial charge on any atom is -0.338 e. The molecule has 0 atom stereocenters. The van der Waals surface area contributed by atoms with Gasteiger partial charge in [-0.25, -0.2) is 4.98 Å². The van der Waals surface area contributed by atoms with E-state index in [9.17, 15) is 4.79 Å². The number of hydrogen-bond acceptors (Lipinski definition) is 2. The van der Waals surface area contributed by atoms with Crippen LogP contribution >= 0.6 is 0 Å². The number of rotatable bonds is 8. The van der Waals surface area contributed by atoms with Crippen LogP contribution in [0.3, 0.4) is 0 Å². The van der Waals surface area contributed by atoms with Gasteiger partial charge in [0.1, 0.15) is 5.82 Å². The lowest BCUT2D eigenvalue weighted by Gasteiger charge is -2.23. The summed E-state index contributed by atoms with van der Waals surface area (Å²) < 4.78 is 2.27. The van der Waals surface area contributed by atoms with Gasteiger partial charge >= 0.3 is 0 Å². The Bertz CT molecular complexity index is 998. The Kier molecular flexibility index (Phi) is 5.39. The summed E-state index contributed by atoms with van der Waals surface area (Å²) in [6.45, 7) is 2.65. The van der Waals surface area contributed by atoms with Crippen molar-refractivity contribution in [3.05, 3.63) is 77.7 Å². The second-order valence-corrected chi connectivity index (χ2v) is 8.74. The molecule has 2 aromatic carbocycles. The highest BCUT2D eigenvalue weighted by Crippen LogP contribution is 2.31. The predicted molar refractivity (Wildman–Crippen MR) is 119 cm³/mol. The number of carbonyl (C=O) groups is 1. The molecule has 0 bridgehead atoms. The average molecular weight is 400 g/mol. The second kappa shape index (κ2) is 8.47. The maximum Gasteiger partial charge on any atom is 0.223 e. The molecule has 1 saturated carbocycles. The topological polar surface area (TPSA) is 38.1 Å². The lowest BCUT2D eigenvalue weighted by molar-refractivity contribution is -0.132. The van der Waals surface area contributed by atoms with Crippen molar-refractivity contribution in [1.82, 2.24) is 14.5 Å². The zero-order valence-electron chi connectivity index (χ0n) is 17.5. The molecule has 2 heterocycles. The van der Waals surface area contributed by atoms with Gasteiger partial charge in [-0.05, 0) is 48.8 Å². The summed E-state index contributed by atoms with van der Waals surface area (Å²) in [7, 11) is 0. The first-order valence-electron chi connectivity index (χ1n) is 11.2. The van der Waals surface area contributed by atoms with Gasteiger partial charge in [0.05, 0.1) is 5.69 Å². The third-order valence-corrected chi connectivity index (χ3v) is 6.25. The van der Waals surface area contributed by atoms with Gasteiger partial charge in [-0.1, -0.05) is 48.5 Å². The summed E-state index contributed by atoms with van der Waals surface area (Å²) in [6, 6.07) is 18.9. The standard InChI is InChI=1S/C26H29N3O/c30-26(14-13-20-6-2-1-3-7-20)29(17-21-11-12-21)18-22-8-4-9-23(16-22)24-19-28-15-5-10-25(28)27-24/h1-4,6-9,16,19,21H,5,10-15,17-18H2. The van der Waals surface area contributed by atoms with Crippen LogP contribution in [-0.4, -0.2) is 26.9 Å². The Hall–Kier alpha value is -2.88.